The molecule has 1 aliphatic rings. The van der Waals surface area contributed by atoms with Gasteiger partial charge in [0.25, 0.3) is 0 Å². The molecule has 0 saturated carbocycles. The number of benzene rings is 2. The molecule has 0 saturated heterocycles. The molecular weight excluding hydrogens is 466 g/mol. The van der Waals surface area contributed by atoms with Crippen molar-refractivity contribution in [3.05, 3.63) is 81.6 Å². The Morgan fingerprint density at radius 3 is 2.53 bits per heavy atom. The van der Waals surface area contributed by atoms with E-state index >= 15 is 0 Å². The quantitative estimate of drug-likeness (QED) is 0.453. The van der Waals surface area contributed by atoms with Gasteiger partial charge in [-0.25, -0.2) is 14.8 Å². The first kappa shape index (κ1) is 22.5. The zero-order chi connectivity index (χ0) is 23.0. The summed E-state index contributed by atoms with van der Waals surface area (Å²) in [5.74, 6) is -2.04. The number of aromatic nitrogens is 2. The van der Waals surface area contributed by atoms with Gasteiger partial charge in [0.15, 0.2) is 12.1 Å². The number of carbonyl (C=O) groups is 1. The molecule has 1 aliphatic heterocycles. The number of nitrogens with zero attached hydrogens (tertiary/aromatic N) is 3. The van der Waals surface area contributed by atoms with E-state index in [9.17, 15) is 18.0 Å². The van der Waals surface area contributed by atoms with Crippen molar-refractivity contribution in [2.75, 3.05) is 13.6 Å². The number of alkyl halides is 3. The van der Waals surface area contributed by atoms with Crippen molar-refractivity contribution in [2.24, 2.45) is 0 Å². The smallest absolute Gasteiger partial charge is 0.435 e. The number of hydrogen-bond donors (Lipinski definition) is 0. The maximum Gasteiger partial charge on any atom is 0.490 e. The summed E-state index contributed by atoms with van der Waals surface area (Å²) in [6.45, 7) is 0.262. The van der Waals surface area contributed by atoms with E-state index in [0.29, 0.717) is 16.4 Å². The topological polar surface area (TPSA) is 55.3 Å². The Hall–Kier alpha value is -2.68. The number of halogens is 5. The van der Waals surface area contributed by atoms with E-state index in [0.717, 1.165) is 11.1 Å². The Bertz CT molecular complexity index is 1160. The first-order chi connectivity index (χ1) is 15.1. The van der Waals surface area contributed by atoms with Gasteiger partial charge in [-0.15, -0.1) is 0 Å². The van der Waals surface area contributed by atoms with E-state index in [1.807, 2.05) is 24.3 Å². The van der Waals surface area contributed by atoms with Crippen LogP contribution < -0.4 is 0 Å². The number of carbonyl (C=O) groups excluding carboxylic acids is 1. The van der Waals surface area contributed by atoms with Gasteiger partial charge in [-0.1, -0.05) is 41.4 Å². The Labute approximate surface area is 191 Å². The molecule has 32 heavy (non-hydrogen) atoms. The molecule has 4 rings (SSSR count). The monoisotopic (exact) mass is 481 g/mol. The molecule has 3 aromatic rings. The van der Waals surface area contributed by atoms with E-state index < -0.39 is 18.4 Å². The van der Waals surface area contributed by atoms with E-state index in [1.54, 1.807) is 31.6 Å². The van der Waals surface area contributed by atoms with Gasteiger partial charge in [0.05, 0.1) is 5.02 Å². The van der Waals surface area contributed by atoms with Crippen LogP contribution in [0.2, 0.25) is 10.0 Å². The molecule has 0 N–H and O–H groups in total. The molecular formula is C22H16Cl2F3N3O2. The highest BCUT2D eigenvalue weighted by atomic mass is 35.5. The summed E-state index contributed by atoms with van der Waals surface area (Å²) >= 11 is 12.6. The highest BCUT2D eigenvalue weighted by molar-refractivity contribution is 6.35. The number of likely N-dealkylation sites (N-methyl/N-ethyl adjacent to an activating group) is 1. The molecule has 5 nitrogen and oxygen atoms in total. The lowest BCUT2D eigenvalue weighted by Crippen LogP contribution is -2.40. The Kier molecular flexibility index (Phi) is 6.11. The SMILES string of the molecule is CN1C[C@@H](c2cccc(-c3ncccn3)c2)c2cc(Cl)cc(Cl)c2C1OC(=O)C(F)(F)F. The average molecular weight is 482 g/mol. The van der Waals surface area contributed by atoms with Crippen LogP contribution in [0.3, 0.4) is 0 Å². The fraction of sp³-hybridized carbons (Fsp3) is 0.227. The Morgan fingerprint density at radius 2 is 1.84 bits per heavy atom. The number of ether oxygens (including phenoxy) is 1. The summed E-state index contributed by atoms with van der Waals surface area (Å²) < 4.78 is 43.4. The fourth-order valence-corrected chi connectivity index (χ4v) is 4.40. The third-order valence-electron chi connectivity index (χ3n) is 5.18. The fourth-order valence-electron chi connectivity index (χ4n) is 3.80. The van der Waals surface area contributed by atoms with Gasteiger partial charge in [0.2, 0.25) is 0 Å². The molecule has 0 radical (unpaired) electrons. The average Bonchev–Trinajstić information content (AvgIpc) is 2.75. The minimum Gasteiger partial charge on any atom is -0.435 e. The van der Waals surface area contributed by atoms with E-state index in [-0.39, 0.29) is 23.0 Å². The van der Waals surface area contributed by atoms with Crippen LogP contribution in [-0.4, -0.2) is 40.6 Å². The molecule has 0 aliphatic carbocycles. The summed E-state index contributed by atoms with van der Waals surface area (Å²) in [5, 5.41) is 0.443. The van der Waals surface area contributed by atoms with Crippen molar-refractivity contribution in [3.63, 3.8) is 0 Å². The molecule has 0 amide bonds. The second-order valence-electron chi connectivity index (χ2n) is 7.34. The van der Waals surface area contributed by atoms with E-state index in [1.165, 1.54) is 11.0 Å². The largest absolute Gasteiger partial charge is 0.490 e. The highest BCUT2D eigenvalue weighted by Gasteiger charge is 2.45. The third-order valence-corrected chi connectivity index (χ3v) is 5.71. The number of hydrogen-bond acceptors (Lipinski definition) is 5. The summed E-state index contributed by atoms with van der Waals surface area (Å²) in [5.41, 5.74) is 2.51. The van der Waals surface area contributed by atoms with Crippen LogP contribution in [0.5, 0.6) is 0 Å². The summed E-state index contributed by atoms with van der Waals surface area (Å²) in [6.07, 6.45) is -3.16. The predicted octanol–water partition coefficient (Wildman–Crippen LogP) is 5.63. The zero-order valence-electron chi connectivity index (χ0n) is 16.6. The second-order valence-corrected chi connectivity index (χ2v) is 8.18. The van der Waals surface area contributed by atoms with Gasteiger partial charge in [-0.05, 0) is 42.4 Å². The lowest BCUT2D eigenvalue weighted by molar-refractivity contribution is -0.213. The molecule has 2 aromatic carbocycles. The summed E-state index contributed by atoms with van der Waals surface area (Å²) in [7, 11) is 1.57. The molecule has 1 aromatic heterocycles. The molecule has 0 spiro atoms. The maximum atomic E-state index is 12.9. The van der Waals surface area contributed by atoms with Crippen molar-refractivity contribution < 1.29 is 22.7 Å². The van der Waals surface area contributed by atoms with E-state index in [4.69, 9.17) is 27.9 Å². The normalized spacial score (nSPS) is 18.8. The number of fused-ring (bicyclic) bond motifs is 1. The van der Waals surface area contributed by atoms with Crippen LogP contribution in [-0.2, 0) is 9.53 Å². The van der Waals surface area contributed by atoms with E-state index in [2.05, 4.69) is 9.97 Å². The van der Waals surface area contributed by atoms with Gasteiger partial charge in [-0.3, -0.25) is 4.90 Å². The molecule has 2 atom stereocenters. The van der Waals surface area contributed by atoms with Crippen LogP contribution >= 0.6 is 23.2 Å². The van der Waals surface area contributed by atoms with Crippen molar-refractivity contribution in [1.82, 2.24) is 14.9 Å². The lowest BCUT2D eigenvalue weighted by Gasteiger charge is -2.39. The molecule has 2 heterocycles. The van der Waals surface area contributed by atoms with Gasteiger partial charge in [0, 0.05) is 41.0 Å². The Balaban J connectivity index is 1.79. The van der Waals surface area contributed by atoms with Gasteiger partial charge in [0.1, 0.15) is 0 Å². The summed E-state index contributed by atoms with van der Waals surface area (Å²) in [6, 6.07) is 12.3. The first-order valence-electron chi connectivity index (χ1n) is 9.49. The first-order valence-corrected chi connectivity index (χ1v) is 10.2. The van der Waals surface area contributed by atoms with Crippen LogP contribution in [0.1, 0.15) is 28.8 Å². The van der Waals surface area contributed by atoms with Crippen LogP contribution in [0.4, 0.5) is 13.2 Å². The maximum absolute atomic E-state index is 12.9. The van der Waals surface area contributed by atoms with Gasteiger partial charge >= 0.3 is 12.1 Å². The van der Waals surface area contributed by atoms with Gasteiger partial charge in [-0.2, -0.15) is 13.2 Å². The van der Waals surface area contributed by atoms with Crippen LogP contribution in [0.15, 0.2) is 54.9 Å². The van der Waals surface area contributed by atoms with Crippen molar-refractivity contribution >= 4 is 29.2 Å². The van der Waals surface area contributed by atoms with Crippen molar-refractivity contribution in [1.29, 1.82) is 0 Å². The second kappa shape index (κ2) is 8.69. The highest BCUT2D eigenvalue weighted by Crippen LogP contribution is 2.45. The molecule has 0 fully saturated rings. The lowest BCUT2D eigenvalue weighted by atomic mass is 9.83. The molecule has 0 bridgehead atoms. The minimum atomic E-state index is -5.12. The van der Waals surface area contributed by atoms with Gasteiger partial charge < -0.3 is 4.74 Å². The summed E-state index contributed by atoms with van der Waals surface area (Å²) in [4.78, 5) is 21.6. The zero-order valence-corrected chi connectivity index (χ0v) is 18.1. The minimum absolute atomic E-state index is 0.117. The molecule has 166 valence electrons. The molecule has 1 unspecified atom stereocenters. The molecule has 10 heteroatoms. The van der Waals surface area contributed by atoms with Crippen LogP contribution in [0, 0.1) is 0 Å². The predicted molar refractivity (Wildman–Crippen MR) is 113 cm³/mol. The number of rotatable bonds is 3. The van der Waals surface area contributed by atoms with Crippen molar-refractivity contribution in [2.45, 2.75) is 18.3 Å². The third kappa shape index (κ3) is 4.44. The van der Waals surface area contributed by atoms with Crippen molar-refractivity contribution in [3.8, 4) is 11.4 Å². The Morgan fingerprint density at radius 1 is 1.12 bits per heavy atom. The number of esters is 1. The van der Waals surface area contributed by atoms with Crippen LogP contribution in [0.25, 0.3) is 11.4 Å². The standard InChI is InChI=1S/C22H16Cl2F3N3O2/c1-30-11-16(12-4-2-5-13(8-12)19-28-6-3-7-29-19)15-9-14(23)10-17(24)18(15)20(30)32-21(31)22(25,26)27/h2-10,16,20H,11H2,1H3/t16-,20?/m0/s1.